The van der Waals surface area contributed by atoms with E-state index < -0.39 is 0 Å². The van der Waals surface area contributed by atoms with E-state index in [-0.39, 0.29) is 0 Å². The van der Waals surface area contributed by atoms with Crippen LogP contribution in [0.5, 0.6) is 0 Å². The van der Waals surface area contributed by atoms with Crippen LogP contribution in [0.2, 0.25) is 5.15 Å². The van der Waals surface area contributed by atoms with E-state index in [0.29, 0.717) is 11.2 Å². The maximum atomic E-state index is 5.95. The van der Waals surface area contributed by atoms with Gasteiger partial charge in [-0.1, -0.05) is 36.9 Å². The Kier molecular flexibility index (Phi) is 4.92. The Morgan fingerprint density at radius 1 is 1.15 bits per heavy atom. The Morgan fingerprint density at radius 3 is 2.55 bits per heavy atom. The zero-order valence-electron chi connectivity index (χ0n) is 12.0. The minimum Gasteiger partial charge on any atom is -0.314 e. The van der Waals surface area contributed by atoms with Crippen LogP contribution in [0.1, 0.15) is 43.7 Å². The van der Waals surface area contributed by atoms with Crippen LogP contribution in [0.4, 0.5) is 0 Å². The lowest BCUT2D eigenvalue weighted by molar-refractivity contribution is 0.103. The Balaban J connectivity index is 1.83. The van der Waals surface area contributed by atoms with Crippen molar-refractivity contribution in [3.05, 3.63) is 29.0 Å². The lowest BCUT2D eigenvalue weighted by Gasteiger charge is -2.41. The zero-order chi connectivity index (χ0) is 13.8. The van der Waals surface area contributed by atoms with E-state index in [2.05, 4.69) is 21.3 Å². The van der Waals surface area contributed by atoms with Crippen molar-refractivity contribution in [2.45, 2.75) is 38.1 Å². The van der Waals surface area contributed by atoms with Crippen LogP contribution in [0.15, 0.2) is 18.3 Å². The molecule has 0 amide bonds. The van der Waals surface area contributed by atoms with Crippen molar-refractivity contribution in [2.75, 3.05) is 26.2 Å². The first-order chi connectivity index (χ1) is 9.84. The molecule has 1 saturated heterocycles. The summed E-state index contributed by atoms with van der Waals surface area (Å²) in [6.07, 6.45) is 8.88. The molecule has 1 aliphatic carbocycles. The fourth-order valence-corrected chi connectivity index (χ4v) is 3.87. The third-order valence-corrected chi connectivity index (χ3v) is 4.96. The van der Waals surface area contributed by atoms with Gasteiger partial charge in [-0.2, -0.15) is 0 Å². The molecule has 1 aliphatic heterocycles. The van der Waals surface area contributed by atoms with Gasteiger partial charge in [-0.25, -0.2) is 4.98 Å². The Bertz CT molecular complexity index is 390. The van der Waals surface area contributed by atoms with Crippen molar-refractivity contribution >= 4 is 11.6 Å². The van der Waals surface area contributed by atoms with Crippen molar-refractivity contribution in [3.63, 3.8) is 0 Å². The molecule has 1 N–H and O–H groups in total. The summed E-state index contributed by atoms with van der Waals surface area (Å²) < 4.78 is 0. The average molecular weight is 294 g/mol. The molecule has 20 heavy (non-hydrogen) atoms. The summed E-state index contributed by atoms with van der Waals surface area (Å²) in [6.45, 7) is 4.49. The molecular weight excluding hydrogens is 270 g/mol. The van der Waals surface area contributed by atoms with Crippen LogP contribution in [-0.4, -0.2) is 36.1 Å². The number of halogens is 1. The third kappa shape index (κ3) is 3.33. The van der Waals surface area contributed by atoms with Crippen LogP contribution >= 0.6 is 11.6 Å². The number of nitrogens with zero attached hydrogens (tertiary/aromatic N) is 2. The van der Waals surface area contributed by atoms with Crippen LogP contribution < -0.4 is 5.32 Å². The molecule has 3 nitrogen and oxygen atoms in total. The molecule has 0 aromatic carbocycles. The third-order valence-electron chi connectivity index (χ3n) is 4.73. The van der Waals surface area contributed by atoms with Crippen molar-refractivity contribution in [1.29, 1.82) is 0 Å². The topological polar surface area (TPSA) is 28.2 Å². The second kappa shape index (κ2) is 6.88. The van der Waals surface area contributed by atoms with Crippen molar-refractivity contribution in [3.8, 4) is 0 Å². The van der Waals surface area contributed by atoms with E-state index in [0.717, 1.165) is 32.1 Å². The molecule has 3 rings (SSSR count). The molecule has 1 aromatic heterocycles. The van der Waals surface area contributed by atoms with Crippen molar-refractivity contribution < 1.29 is 0 Å². The van der Waals surface area contributed by atoms with Gasteiger partial charge in [0.2, 0.25) is 0 Å². The molecule has 2 aliphatic rings. The molecule has 4 heteroatoms. The van der Waals surface area contributed by atoms with E-state index in [1.165, 1.54) is 37.7 Å². The number of hydrogen-bond acceptors (Lipinski definition) is 3. The summed E-state index contributed by atoms with van der Waals surface area (Å²) in [5.41, 5.74) is 1.35. The molecule has 0 bridgehead atoms. The standard InChI is InChI=1S/C16H24ClN3/c17-15-7-6-14(12-19-15)16(13-4-2-1-3-5-13)20-10-8-18-9-11-20/h6-7,12-13,16,18H,1-5,8-11H2/t16-/m0/s1. The second-order valence-electron chi connectivity index (χ2n) is 6.04. The number of hydrogen-bond donors (Lipinski definition) is 1. The van der Waals surface area contributed by atoms with Crippen LogP contribution in [-0.2, 0) is 0 Å². The van der Waals surface area contributed by atoms with E-state index in [1.807, 2.05) is 12.3 Å². The Morgan fingerprint density at radius 2 is 1.90 bits per heavy atom. The molecule has 110 valence electrons. The average Bonchev–Trinajstić information content (AvgIpc) is 2.52. The molecule has 2 heterocycles. The van der Waals surface area contributed by atoms with Crippen LogP contribution in [0.25, 0.3) is 0 Å². The summed E-state index contributed by atoms with van der Waals surface area (Å²) in [5, 5.41) is 4.05. The fraction of sp³-hybridized carbons (Fsp3) is 0.688. The SMILES string of the molecule is Clc1ccc([C@H](C2CCCCC2)N2CCNCC2)cn1. The summed E-state index contributed by atoms with van der Waals surface area (Å²) in [6, 6.07) is 4.65. The lowest BCUT2D eigenvalue weighted by atomic mass is 9.80. The predicted octanol–water partition coefficient (Wildman–Crippen LogP) is 3.26. The molecular formula is C16H24ClN3. The number of piperazine rings is 1. The second-order valence-corrected chi connectivity index (χ2v) is 6.43. The predicted molar refractivity (Wildman–Crippen MR) is 83.0 cm³/mol. The minimum atomic E-state index is 0.530. The van der Waals surface area contributed by atoms with Crippen molar-refractivity contribution in [1.82, 2.24) is 15.2 Å². The maximum absolute atomic E-state index is 5.95. The normalized spacial score (nSPS) is 23.6. The minimum absolute atomic E-state index is 0.530. The lowest BCUT2D eigenvalue weighted by Crippen LogP contribution is -2.47. The Labute approximate surface area is 126 Å². The molecule has 1 aromatic rings. The number of aromatic nitrogens is 1. The molecule has 0 spiro atoms. The monoisotopic (exact) mass is 293 g/mol. The summed E-state index contributed by atoms with van der Waals surface area (Å²) in [4.78, 5) is 6.96. The van der Waals surface area contributed by atoms with Gasteiger partial charge in [0.15, 0.2) is 0 Å². The molecule has 0 unspecified atom stereocenters. The fourth-order valence-electron chi connectivity index (χ4n) is 3.75. The first-order valence-electron chi connectivity index (χ1n) is 7.91. The maximum Gasteiger partial charge on any atom is 0.129 e. The Hall–Kier alpha value is -0.640. The van der Waals surface area contributed by atoms with Gasteiger partial charge in [0, 0.05) is 38.4 Å². The van der Waals surface area contributed by atoms with Crippen LogP contribution in [0, 0.1) is 5.92 Å². The molecule has 0 radical (unpaired) electrons. The molecule has 1 atom stereocenters. The largest absolute Gasteiger partial charge is 0.314 e. The summed E-state index contributed by atoms with van der Waals surface area (Å²) in [5.74, 6) is 0.782. The first-order valence-corrected chi connectivity index (χ1v) is 8.28. The smallest absolute Gasteiger partial charge is 0.129 e. The van der Waals surface area contributed by atoms with Gasteiger partial charge in [-0.05, 0) is 30.4 Å². The van der Waals surface area contributed by atoms with E-state index in [4.69, 9.17) is 11.6 Å². The number of pyridine rings is 1. The molecule has 1 saturated carbocycles. The quantitative estimate of drug-likeness (QED) is 0.867. The van der Waals surface area contributed by atoms with E-state index >= 15 is 0 Å². The highest BCUT2D eigenvalue weighted by Crippen LogP contribution is 2.38. The highest BCUT2D eigenvalue weighted by molar-refractivity contribution is 6.29. The molecule has 2 fully saturated rings. The van der Waals surface area contributed by atoms with Gasteiger partial charge in [-0.3, -0.25) is 4.90 Å². The zero-order valence-corrected chi connectivity index (χ0v) is 12.8. The van der Waals surface area contributed by atoms with Gasteiger partial charge >= 0.3 is 0 Å². The van der Waals surface area contributed by atoms with Gasteiger partial charge in [0.1, 0.15) is 5.15 Å². The van der Waals surface area contributed by atoms with Gasteiger partial charge in [0.25, 0.3) is 0 Å². The first kappa shape index (κ1) is 14.3. The van der Waals surface area contributed by atoms with Gasteiger partial charge in [0.05, 0.1) is 0 Å². The summed E-state index contributed by atoms with van der Waals surface area (Å²) in [7, 11) is 0. The van der Waals surface area contributed by atoms with Crippen LogP contribution in [0.3, 0.4) is 0 Å². The summed E-state index contributed by atoms with van der Waals surface area (Å²) >= 11 is 5.95. The van der Waals surface area contributed by atoms with Gasteiger partial charge < -0.3 is 5.32 Å². The highest BCUT2D eigenvalue weighted by Gasteiger charge is 2.30. The highest BCUT2D eigenvalue weighted by atomic mass is 35.5. The number of nitrogens with one attached hydrogen (secondary N) is 1. The van der Waals surface area contributed by atoms with E-state index in [1.54, 1.807) is 0 Å². The van der Waals surface area contributed by atoms with E-state index in [9.17, 15) is 0 Å². The van der Waals surface area contributed by atoms with Crippen molar-refractivity contribution in [2.24, 2.45) is 5.92 Å². The van der Waals surface area contributed by atoms with Gasteiger partial charge in [-0.15, -0.1) is 0 Å². The number of rotatable bonds is 3.